The summed E-state index contributed by atoms with van der Waals surface area (Å²) in [6, 6.07) is 5.22. The molecule has 0 atom stereocenters. The largest absolute Gasteiger partial charge is 0.489 e. The summed E-state index contributed by atoms with van der Waals surface area (Å²) >= 11 is 0. The second kappa shape index (κ2) is 3.57. The van der Waals surface area contributed by atoms with Crippen LogP contribution in [0.4, 0.5) is 0 Å². The first-order chi connectivity index (χ1) is 7.11. The smallest absolute Gasteiger partial charge is 0.161 e. The number of fused-ring (bicyclic) bond motifs is 1. The summed E-state index contributed by atoms with van der Waals surface area (Å²) in [6.07, 6.45) is 0.805. The van der Waals surface area contributed by atoms with Gasteiger partial charge in [-0.3, -0.25) is 4.79 Å². The van der Waals surface area contributed by atoms with Crippen LogP contribution in [0.3, 0.4) is 0 Å². The molecule has 1 aliphatic rings. The first-order valence-corrected chi connectivity index (χ1v) is 4.96. The molecule has 3 heteroatoms. The van der Waals surface area contributed by atoms with Crippen molar-refractivity contribution < 1.29 is 14.3 Å². The van der Waals surface area contributed by atoms with Gasteiger partial charge in [-0.25, -0.2) is 0 Å². The van der Waals surface area contributed by atoms with E-state index in [9.17, 15) is 4.79 Å². The van der Waals surface area contributed by atoms with Gasteiger partial charge in [-0.05, 0) is 18.2 Å². The summed E-state index contributed by atoms with van der Waals surface area (Å²) in [6.45, 7) is 5.39. The van der Waals surface area contributed by atoms with Crippen molar-refractivity contribution >= 4 is 6.29 Å². The molecule has 0 bridgehead atoms. The average molecular weight is 206 g/mol. The Bertz CT molecular complexity index is 382. The number of aldehydes is 1. The van der Waals surface area contributed by atoms with Crippen LogP contribution < -0.4 is 9.47 Å². The molecule has 0 fully saturated rings. The molecule has 15 heavy (non-hydrogen) atoms. The predicted molar refractivity (Wildman–Crippen MR) is 56.6 cm³/mol. The zero-order chi connectivity index (χ0) is 10.9. The van der Waals surface area contributed by atoms with Crippen LogP contribution in [-0.4, -0.2) is 19.5 Å². The Balaban J connectivity index is 2.31. The van der Waals surface area contributed by atoms with Gasteiger partial charge in [-0.1, -0.05) is 13.8 Å². The van der Waals surface area contributed by atoms with E-state index < -0.39 is 0 Å². The highest BCUT2D eigenvalue weighted by Crippen LogP contribution is 2.33. The van der Waals surface area contributed by atoms with Crippen molar-refractivity contribution in [2.75, 3.05) is 13.2 Å². The molecule has 0 N–H and O–H groups in total. The van der Waals surface area contributed by atoms with Crippen LogP contribution in [0.1, 0.15) is 24.2 Å². The molecule has 0 saturated heterocycles. The van der Waals surface area contributed by atoms with Gasteiger partial charge < -0.3 is 9.47 Å². The minimum Gasteiger partial charge on any atom is -0.489 e. The van der Waals surface area contributed by atoms with Crippen molar-refractivity contribution in [3.05, 3.63) is 23.8 Å². The highest BCUT2D eigenvalue weighted by atomic mass is 16.5. The van der Waals surface area contributed by atoms with E-state index in [0.717, 1.165) is 6.29 Å². The minimum atomic E-state index is 0.000359. The number of hydrogen-bond donors (Lipinski definition) is 0. The molecule has 0 radical (unpaired) electrons. The number of benzene rings is 1. The lowest BCUT2D eigenvalue weighted by Gasteiger charge is -2.19. The van der Waals surface area contributed by atoms with E-state index in [0.29, 0.717) is 30.3 Å². The van der Waals surface area contributed by atoms with Gasteiger partial charge in [0.2, 0.25) is 0 Å². The molecule has 0 aromatic heterocycles. The van der Waals surface area contributed by atoms with Crippen LogP contribution in [0.5, 0.6) is 11.5 Å². The maximum absolute atomic E-state index is 10.6. The summed E-state index contributed by atoms with van der Waals surface area (Å²) in [5.41, 5.74) is 0.609. The third-order valence-corrected chi connectivity index (χ3v) is 2.34. The SMILES string of the molecule is CC1(C)COc2ccc(C=O)cc2OC1. The number of ether oxygens (including phenoxy) is 2. The van der Waals surface area contributed by atoms with Crippen molar-refractivity contribution in [2.45, 2.75) is 13.8 Å². The highest BCUT2D eigenvalue weighted by molar-refractivity contribution is 5.76. The summed E-state index contributed by atoms with van der Waals surface area (Å²) in [5.74, 6) is 1.37. The Morgan fingerprint density at radius 1 is 1.20 bits per heavy atom. The Labute approximate surface area is 89.0 Å². The first kappa shape index (κ1) is 10.0. The molecule has 1 aromatic carbocycles. The van der Waals surface area contributed by atoms with Crippen LogP contribution in [-0.2, 0) is 0 Å². The van der Waals surface area contributed by atoms with E-state index >= 15 is 0 Å². The lowest BCUT2D eigenvalue weighted by molar-refractivity contribution is 0.112. The third kappa shape index (κ3) is 2.12. The quantitative estimate of drug-likeness (QED) is 0.661. The Morgan fingerprint density at radius 3 is 2.53 bits per heavy atom. The van der Waals surface area contributed by atoms with Gasteiger partial charge in [0.05, 0.1) is 13.2 Å². The van der Waals surface area contributed by atoms with Crippen LogP contribution in [0, 0.1) is 5.41 Å². The zero-order valence-corrected chi connectivity index (χ0v) is 8.95. The van der Waals surface area contributed by atoms with Gasteiger partial charge >= 0.3 is 0 Å². The maximum atomic E-state index is 10.6. The zero-order valence-electron chi connectivity index (χ0n) is 8.95. The Morgan fingerprint density at radius 2 is 1.87 bits per heavy atom. The van der Waals surface area contributed by atoms with Crippen molar-refractivity contribution in [1.82, 2.24) is 0 Å². The van der Waals surface area contributed by atoms with Gasteiger partial charge in [0.1, 0.15) is 6.29 Å². The van der Waals surface area contributed by atoms with Crippen LogP contribution >= 0.6 is 0 Å². The van der Waals surface area contributed by atoms with E-state index in [1.807, 2.05) is 0 Å². The first-order valence-electron chi connectivity index (χ1n) is 4.96. The second-order valence-electron chi connectivity index (χ2n) is 4.57. The van der Waals surface area contributed by atoms with Gasteiger partial charge in [0.25, 0.3) is 0 Å². The molecular weight excluding hydrogens is 192 g/mol. The molecule has 0 unspecified atom stereocenters. The summed E-state index contributed by atoms with van der Waals surface area (Å²) in [5, 5.41) is 0. The molecule has 1 aromatic rings. The Kier molecular flexibility index (Phi) is 2.39. The van der Waals surface area contributed by atoms with Crippen LogP contribution in [0.25, 0.3) is 0 Å². The maximum Gasteiger partial charge on any atom is 0.161 e. The van der Waals surface area contributed by atoms with E-state index in [1.165, 1.54) is 0 Å². The van der Waals surface area contributed by atoms with E-state index in [2.05, 4.69) is 13.8 Å². The van der Waals surface area contributed by atoms with Crippen molar-refractivity contribution in [1.29, 1.82) is 0 Å². The number of carbonyl (C=O) groups is 1. The number of hydrogen-bond acceptors (Lipinski definition) is 3. The summed E-state index contributed by atoms with van der Waals surface area (Å²) < 4.78 is 11.2. The lowest BCUT2D eigenvalue weighted by Crippen LogP contribution is -2.26. The van der Waals surface area contributed by atoms with Crippen LogP contribution in [0.2, 0.25) is 0 Å². The van der Waals surface area contributed by atoms with Crippen molar-refractivity contribution in [3.8, 4) is 11.5 Å². The number of rotatable bonds is 1. The van der Waals surface area contributed by atoms with Crippen molar-refractivity contribution in [2.24, 2.45) is 5.41 Å². The molecule has 0 amide bonds. The number of carbonyl (C=O) groups excluding carboxylic acids is 1. The normalized spacial score (nSPS) is 18.0. The van der Waals surface area contributed by atoms with Gasteiger partial charge in [-0.15, -0.1) is 0 Å². The fraction of sp³-hybridized carbons (Fsp3) is 0.417. The van der Waals surface area contributed by atoms with E-state index in [-0.39, 0.29) is 5.41 Å². The van der Waals surface area contributed by atoms with E-state index in [1.54, 1.807) is 18.2 Å². The molecule has 0 aliphatic carbocycles. The third-order valence-electron chi connectivity index (χ3n) is 2.34. The molecular formula is C12H14O3. The monoisotopic (exact) mass is 206 g/mol. The second-order valence-corrected chi connectivity index (χ2v) is 4.57. The molecule has 1 aliphatic heterocycles. The molecule has 3 nitrogen and oxygen atoms in total. The molecule has 1 heterocycles. The predicted octanol–water partition coefficient (Wildman–Crippen LogP) is 2.30. The van der Waals surface area contributed by atoms with Crippen LogP contribution in [0.15, 0.2) is 18.2 Å². The Hall–Kier alpha value is -1.51. The van der Waals surface area contributed by atoms with Gasteiger partial charge in [0.15, 0.2) is 11.5 Å². The topological polar surface area (TPSA) is 35.5 Å². The average Bonchev–Trinajstić information content (AvgIpc) is 2.38. The molecule has 80 valence electrons. The standard InChI is InChI=1S/C12H14O3/c1-12(2)7-14-10-4-3-9(6-13)5-11(10)15-8-12/h3-6H,7-8H2,1-2H3. The molecule has 0 saturated carbocycles. The summed E-state index contributed by atoms with van der Waals surface area (Å²) in [4.78, 5) is 10.6. The lowest BCUT2D eigenvalue weighted by atomic mass is 9.97. The molecule has 2 rings (SSSR count). The van der Waals surface area contributed by atoms with E-state index in [4.69, 9.17) is 9.47 Å². The molecule has 0 spiro atoms. The van der Waals surface area contributed by atoms with Gasteiger partial charge in [-0.2, -0.15) is 0 Å². The fourth-order valence-corrected chi connectivity index (χ4v) is 1.42. The highest BCUT2D eigenvalue weighted by Gasteiger charge is 2.25. The fourth-order valence-electron chi connectivity index (χ4n) is 1.42. The summed E-state index contributed by atoms with van der Waals surface area (Å²) in [7, 11) is 0. The van der Waals surface area contributed by atoms with Crippen molar-refractivity contribution in [3.63, 3.8) is 0 Å². The van der Waals surface area contributed by atoms with Gasteiger partial charge in [0, 0.05) is 11.0 Å². The minimum absolute atomic E-state index is 0.000359.